The van der Waals surface area contributed by atoms with Crippen LogP contribution in [-0.2, 0) is 9.53 Å². The van der Waals surface area contributed by atoms with Crippen molar-refractivity contribution in [3.63, 3.8) is 0 Å². The molecule has 1 amide bonds. The van der Waals surface area contributed by atoms with Crippen molar-refractivity contribution >= 4 is 23.6 Å². The summed E-state index contributed by atoms with van der Waals surface area (Å²) in [6.45, 7) is 3.24. The van der Waals surface area contributed by atoms with Gasteiger partial charge in [-0.25, -0.2) is 4.99 Å². The summed E-state index contributed by atoms with van der Waals surface area (Å²) in [7, 11) is 0. The maximum Gasteiger partial charge on any atom is 0.259 e. The van der Waals surface area contributed by atoms with E-state index in [4.69, 9.17) is 19.6 Å². The quantitative estimate of drug-likeness (QED) is 0.373. The number of hydrogen-bond acceptors (Lipinski definition) is 5. The van der Waals surface area contributed by atoms with Gasteiger partial charge in [-0.3, -0.25) is 4.79 Å². The van der Waals surface area contributed by atoms with Crippen LogP contribution in [0.4, 0.5) is 5.69 Å². The highest BCUT2D eigenvalue weighted by atomic mass is 16.5. The number of aliphatic hydroxyl groups excluding tert-OH is 1. The molecule has 5 rings (SSSR count). The van der Waals surface area contributed by atoms with E-state index in [9.17, 15) is 4.79 Å². The van der Waals surface area contributed by atoms with Gasteiger partial charge in [0.2, 0.25) is 5.90 Å². The minimum Gasteiger partial charge on any atom is -0.494 e. The Morgan fingerprint density at radius 3 is 2.57 bits per heavy atom. The largest absolute Gasteiger partial charge is 0.494 e. The van der Waals surface area contributed by atoms with Gasteiger partial charge in [0.15, 0.2) is 11.6 Å². The normalized spacial score (nSPS) is 20.4. The molecule has 2 aliphatic heterocycles. The summed E-state index contributed by atoms with van der Waals surface area (Å²) >= 11 is 0. The zero-order valence-electron chi connectivity index (χ0n) is 21.0. The lowest BCUT2D eigenvalue weighted by molar-refractivity contribution is -0.127. The highest BCUT2D eigenvalue weighted by Gasteiger charge is 2.57. The van der Waals surface area contributed by atoms with Crippen LogP contribution in [0, 0.1) is 0 Å². The number of hydrogen-bond donors (Lipinski definition) is 1. The van der Waals surface area contributed by atoms with E-state index in [0.29, 0.717) is 37.6 Å². The molecule has 37 heavy (non-hydrogen) atoms. The number of ether oxygens (including phenoxy) is 2. The van der Waals surface area contributed by atoms with E-state index in [0.717, 1.165) is 28.8 Å². The topological polar surface area (TPSA) is 71.4 Å². The number of aliphatic imine (C=N–C) groups is 1. The summed E-state index contributed by atoms with van der Waals surface area (Å²) in [6, 6.07) is 25.6. The van der Waals surface area contributed by atoms with E-state index < -0.39 is 11.6 Å². The first kappa shape index (κ1) is 24.8. The summed E-state index contributed by atoms with van der Waals surface area (Å²) in [6.07, 6.45) is 5.40. The third kappa shape index (κ3) is 4.89. The number of aliphatic hydroxyl groups is 1. The van der Waals surface area contributed by atoms with Gasteiger partial charge in [0, 0.05) is 37.1 Å². The maximum atomic E-state index is 14.2. The molecule has 2 aliphatic rings. The molecule has 190 valence electrons. The Hall–Kier alpha value is -3.90. The van der Waals surface area contributed by atoms with Crippen LogP contribution >= 0.6 is 0 Å². The second-order valence-electron chi connectivity index (χ2n) is 9.32. The number of carbonyl (C=O) groups is 1. The van der Waals surface area contributed by atoms with E-state index >= 15 is 0 Å². The summed E-state index contributed by atoms with van der Waals surface area (Å²) < 4.78 is 12.2. The van der Waals surface area contributed by atoms with Gasteiger partial charge >= 0.3 is 0 Å². The molecule has 3 aromatic rings. The van der Waals surface area contributed by atoms with Crippen molar-refractivity contribution < 1.29 is 19.4 Å². The van der Waals surface area contributed by atoms with Crippen LogP contribution in [0.3, 0.4) is 0 Å². The molecule has 0 spiro atoms. The number of para-hydroxylation sites is 1. The molecule has 0 aromatic heterocycles. The Morgan fingerprint density at radius 1 is 1.05 bits per heavy atom. The third-order valence-electron chi connectivity index (χ3n) is 6.75. The number of nitrogens with zero attached hydrogens (tertiary/aromatic N) is 2. The van der Waals surface area contributed by atoms with Crippen molar-refractivity contribution in [2.45, 2.75) is 37.8 Å². The average Bonchev–Trinajstić information content (AvgIpc) is 3.33. The highest BCUT2D eigenvalue weighted by Crippen LogP contribution is 2.50. The fourth-order valence-electron chi connectivity index (χ4n) is 4.96. The number of anilines is 1. The third-order valence-corrected chi connectivity index (χ3v) is 6.75. The van der Waals surface area contributed by atoms with Crippen molar-refractivity contribution in [3.8, 4) is 5.75 Å². The fourth-order valence-corrected chi connectivity index (χ4v) is 4.96. The van der Waals surface area contributed by atoms with E-state index in [2.05, 4.69) is 6.92 Å². The Labute approximate surface area is 217 Å². The fraction of sp³-hybridized carbons (Fsp3) is 0.290. The Balaban J connectivity index is 1.52. The lowest BCUT2D eigenvalue weighted by Gasteiger charge is -2.41. The lowest BCUT2D eigenvalue weighted by atomic mass is 9.79. The first-order chi connectivity index (χ1) is 18.2. The van der Waals surface area contributed by atoms with Crippen LogP contribution in [0.15, 0.2) is 89.9 Å². The molecule has 2 atom stereocenters. The van der Waals surface area contributed by atoms with Crippen molar-refractivity contribution in [3.05, 3.63) is 102 Å². The maximum absolute atomic E-state index is 14.2. The molecule has 6 nitrogen and oxygen atoms in total. The minimum atomic E-state index is -1.08. The van der Waals surface area contributed by atoms with Gasteiger partial charge in [0.1, 0.15) is 5.75 Å². The number of benzene rings is 3. The molecule has 0 saturated heterocycles. The van der Waals surface area contributed by atoms with E-state index in [1.54, 1.807) is 0 Å². The Bertz CT molecular complexity index is 1290. The van der Waals surface area contributed by atoms with Gasteiger partial charge in [-0.15, -0.1) is 0 Å². The number of fused-ring (bicyclic) bond motifs is 3. The number of carbonyl (C=O) groups excluding carboxylic acids is 1. The SMILES string of the molecule is CCCN1C(=O)[C@@]2(C/C=C/c3ccccc3)N=C(c3ccc(OCCCO)cc3)O[C@H]2c2ccccc21. The molecule has 6 heteroatoms. The second-order valence-corrected chi connectivity index (χ2v) is 9.32. The molecule has 0 bridgehead atoms. The van der Waals surface area contributed by atoms with Gasteiger partial charge in [-0.1, -0.05) is 67.6 Å². The Kier molecular flexibility index (Phi) is 7.37. The van der Waals surface area contributed by atoms with Gasteiger partial charge in [0.05, 0.1) is 12.3 Å². The van der Waals surface area contributed by atoms with Crippen LogP contribution in [0.1, 0.15) is 49.0 Å². The van der Waals surface area contributed by atoms with Gasteiger partial charge in [0.25, 0.3) is 5.91 Å². The standard InChI is InChI=1S/C31H32N2O4/c1-2-20-33-27-14-7-6-13-26(27)28-31(30(33)35,19-8-12-23-10-4-3-5-11-23)32-29(37-28)24-15-17-25(18-16-24)36-22-9-21-34/h3-8,10-18,28,34H,2,9,19-22H2,1H3/b12-8+/t28-,31-/m0/s1. The van der Waals surface area contributed by atoms with Crippen molar-refractivity contribution in [2.24, 2.45) is 4.99 Å². The van der Waals surface area contributed by atoms with Crippen LogP contribution in [0.2, 0.25) is 0 Å². The monoisotopic (exact) mass is 496 g/mol. The van der Waals surface area contributed by atoms with E-state index in [1.807, 2.05) is 95.9 Å². The zero-order valence-corrected chi connectivity index (χ0v) is 21.0. The molecule has 0 aliphatic carbocycles. The summed E-state index contributed by atoms with van der Waals surface area (Å²) in [5.41, 5.74) is 2.66. The van der Waals surface area contributed by atoms with Gasteiger partial charge in [-0.05, 0) is 42.3 Å². The van der Waals surface area contributed by atoms with Crippen molar-refractivity contribution in [2.75, 3.05) is 24.7 Å². The number of amides is 1. The molecule has 1 N–H and O–H groups in total. The number of rotatable bonds is 10. The molecule has 0 saturated carbocycles. The smallest absolute Gasteiger partial charge is 0.259 e. The summed E-state index contributed by atoms with van der Waals surface area (Å²) in [4.78, 5) is 21.1. The molecule has 3 aromatic carbocycles. The van der Waals surface area contributed by atoms with Gasteiger partial charge < -0.3 is 19.5 Å². The predicted octanol–water partition coefficient (Wildman–Crippen LogP) is 5.56. The molecular weight excluding hydrogens is 464 g/mol. The molecule has 0 radical (unpaired) electrons. The average molecular weight is 497 g/mol. The molecule has 2 heterocycles. The predicted molar refractivity (Wildman–Crippen MR) is 146 cm³/mol. The van der Waals surface area contributed by atoms with Crippen molar-refractivity contribution in [1.82, 2.24) is 0 Å². The zero-order chi connectivity index (χ0) is 25.7. The van der Waals surface area contributed by atoms with E-state index in [1.165, 1.54) is 0 Å². The highest BCUT2D eigenvalue weighted by molar-refractivity contribution is 6.09. The van der Waals surface area contributed by atoms with Crippen molar-refractivity contribution in [1.29, 1.82) is 0 Å². The van der Waals surface area contributed by atoms with Crippen LogP contribution < -0.4 is 9.64 Å². The second kappa shape index (κ2) is 11.0. The van der Waals surface area contributed by atoms with E-state index in [-0.39, 0.29) is 12.5 Å². The van der Waals surface area contributed by atoms with Crippen LogP contribution in [0.25, 0.3) is 6.08 Å². The first-order valence-corrected chi connectivity index (χ1v) is 12.9. The van der Waals surface area contributed by atoms with Crippen LogP contribution in [0.5, 0.6) is 5.75 Å². The summed E-state index contributed by atoms with van der Waals surface area (Å²) in [5.74, 6) is 1.14. The molecular formula is C31H32N2O4. The van der Waals surface area contributed by atoms with Gasteiger partial charge in [-0.2, -0.15) is 0 Å². The summed E-state index contributed by atoms with van der Waals surface area (Å²) in [5, 5.41) is 8.98. The Morgan fingerprint density at radius 2 is 1.81 bits per heavy atom. The first-order valence-electron chi connectivity index (χ1n) is 12.9. The lowest BCUT2D eigenvalue weighted by Crippen LogP contribution is -2.54. The minimum absolute atomic E-state index is 0.0327. The molecule has 0 unspecified atom stereocenters. The van der Waals surface area contributed by atoms with Crippen LogP contribution in [-0.4, -0.2) is 42.2 Å². The molecule has 0 fully saturated rings.